The lowest BCUT2D eigenvalue weighted by Gasteiger charge is -2.35. The Bertz CT molecular complexity index is 1050. The van der Waals surface area contributed by atoms with Crippen molar-refractivity contribution >= 4 is 22.6 Å². The summed E-state index contributed by atoms with van der Waals surface area (Å²) in [7, 11) is 1.58. The zero-order valence-corrected chi connectivity index (χ0v) is 16.2. The molecule has 0 aromatic heterocycles. The Morgan fingerprint density at radius 1 is 0.828 bits per heavy atom. The van der Waals surface area contributed by atoms with Crippen molar-refractivity contribution in [3.05, 3.63) is 71.8 Å². The van der Waals surface area contributed by atoms with Crippen LogP contribution in [0.4, 0.5) is 0 Å². The number of carbonyl (C=O) groups is 2. The minimum absolute atomic E-state index is 0.0227. The molecule has 1 saturated heterocycles. The Hall–Kier alpha value is -3.54. The van der Waals surface area contributed by atoms with E-state index in [4.69, 9.17) is 4.74 Å². The maximum absolute atomic E-state index is 12.9. The first kappa shape index (κ1) is 18.8. The number of ether oxygens (including phenoxy) is 1. The summed E-state index contributed by atoms with van der Waals surface area (Å²) in [6.45, 7) is 1.75. The van der Waals surface area contributed by atoms with E-state index in [1.165, 1.54) is 0 Å². The number of fused-ring (bicyclic) bond motifs is 1. The number of phenols is 1. The van der Waals surface area contributed by atoms with Crippen LogP contribution in [0.3, 0.4) is 0 Å². The molecule has 148 valence electrons. The molecule has 6 nitrogen and oxygen atoms in total. The molecule has 1 aliphatic heterocycles. The van der Waals surface area contributed by atoms with Gasteiger partial charge in [-0.1, -0.05) is 24.3 Å². The molecule has 2 amide bonds. The molecule has 1 N–H and O–H groups in total. The van der Waals surface area contributed by atoms with E-state index >= 15 is 0 Å². The van der Waals surface area contributed by atoms with Gasteiger partial charge in [-0.2, -0.15) is 0 Å². The molecule has 0 atom stereocenters. The number of phenolic OH excluding ortho intramolecular Hbond substituents is 1. The number of carbonyl (C=O) groups excluding carboxylic acids is 2. The van der Waals surface area contributed by atoms with Crippen LogP contribution in [0.1, 0.15) is 20.7 Å². The predicted molar refractivity (Wildman–Crippen MR) is 110 cm³/mol. The summed E-state index contributed by atoms with van der Waals surface area (Å²) < 4.78 is 5.12. The average molecular weight is 390 g/mol. The highest BCUT2D eigenvalue weighted by Gasteiger charge is 2.27. The largest absolute Gasteiger partial charge is 0.507 e. The highest BCUT2D eigenvalue weighted by Crippen LogP contribution is 2.26. The van der Waals surface area contributed by atoms with Gasteiger partial charge in [0, 0.05) is 31.7 Å². The lowest BCUT2D eigenvalue weighted by molar-refractivity contribution is 0.0534. The van der Waals surface area contributed by atoms with Gasteiger partial charge in [0.2, 0.25) is 0 Å². The lowest BCUT2D eigenvalue weighted by atomic mass is 10.0. The average Bonchev–Trinajstić information content (AvgIpc) is 2.78. The van der Waals surface area contributed by atoms with Crippen LogP contribution >= 0.6 is 0 Å². The van der Waals surface area contributed by atoms with Gasteiger partial charge in [0.15, 0.2) is 0 Å². The van der Waals surface area contributed by atoms with Gasteiger partial charge in [0.1, 0.15) is 11.5 Å². The van der Waals surface area contributed by atoms with Crippen LogP contribution in [0, 0.1) is 0 Å². The molecule has 0 spiro atoms. The second kappa shape index (κ2) is 7.83. The maximum Gasteiger partial charge on any atom is 0.257 e. The first-order chi connectivity index (χ1) is 14.1. The minimum Gasteiger partial charge on any atom is -0.507 e. The molecular weight excluding hydrogens is 368 g/mol. The van der Waals surface area contributed by atoms with Crippen molar-refractivity contribution in [2.45, 2.75) is 0 Å². The fourth-order valence-corrected chi connectivity index (χ4v) is 3.60. The second-order valence-corrected chi connectivity index (χ2v) is 7.03. The molecule has 0 saturated carbocycles. The molecule has 29 heavy (non-hydrogen) atoms. The van der Waals surface area contributed by atoms with Crippen molar-refractivity contribution in [1.29, 1.82) is 0 Å². The van der Waals surface area contributed by atoms with E-state index in [-0.39, 0.29) is 17.6 Å². The third-order valence-corrected chi connectivity index (χ3v) is 5.29. The Morgan fingerprint density at radius 3 is 1.97 bits per heavy atom. The van der Waals surface area contributed by atoms with E-state index in [9.17, 15) is 14.7 Å². The van der Waals surface area contributed by atoms with E-state index in [0.29, 0.717) is 43.1 Å². The third kappa shape index (κ3) is 3.74. The Balaban J connectivity index is 1.44. The summed E-state index contributed by atoms with van der Waals surface area (Å²) >= 11 is 0. The predicted octanol–water partition coefficient (Wildman–Crippen LogP) is 3.15. The molecule has 0 unspecified atom stereocenters. The second-order valence-electron chi connectivity index (χ2n) is 7.03. The first-order valence-corrected chi connectivity index (χ1v) is 9.51. The highest BCUT2D eigenvalue weighted by molar-refractivity contribution is 6.01. The summed E-state index contributed by atoms with van der Waals surface area (Å²) in [6.07, 6.45) is 0. The van der Waals surface area contributed by atoms with Crippen LogP contribution < -0.4 is 4.74 Å². The number of rotatable bonds is 3. The number of hydrogen-bond donors (Lipinski definition) is 1. The van der Waals surface area contributed by atoms with E-state index in [1.807, 2.05) is 24.3 Å². The van der Waals surface area contributed by atoms with Crippen LogP contribution in [-0.4, -0.2) is 60.0 Å². The molecule has 0 bridgehead atoms. The fraction of sp³-hybridized carbons (Fsp3) is 0.217. The minimum atomic E-state index is -0.218. The van der Waals surface area contributed by atoms with Gasteiger partial charge in [-0.15, -0.1) is 0 Å². The van der Waals surface area contributed by atoms with Crippen molar-refractivity contribution in [3.63, 3.8) is 0 Å². The molecule has 4 rings (SSSR count). The van der Waals surface area contributed by atoms with Crippen LogP contribution in [-0.2, 0) is 0 Å². The van der Waals surface area contributed by atoms with Gasteiger partial charge in [0.05, 0.1) is 12.7 Å². The van der Waals surface area contributed by atoms with Crippen molar-refractivity contribution in [2.24, 2.45) is 0 Å². The number of benzene rings is 3. The van der Waals surface area contributed by atoms with Gasteiger partial charge < -0.3 is 19.6 Å². The molecule has 3 aromatic carbocycles. The number of aromatic hydroxyl groups is 1. The standard InChI is InChI=1S/C23H22N2O4/c1-29-19-8-6-16(7-9-19)22(27)24-10-12-25(13-11-24)23(28)20-14-17-4-2-3-5-18(17)15-21(20)26/h2-9,14-15,26H,10-13H2,1H3. The lowest BCUT2D eigenvalue weighted by Crippen LogP contribution is -2.50. The molecule has 0 radical (unpaired) electrons. The smallest absolute Gasteiger partial charge is 0.257 e. The van der Waals surface area contributed by atoms with E-state index in [1.54, 1.807) is 53.3 Å². The van der Waals surface area contributed by atoms with Gasteiger partial charge in [-0.25, -0.2) is 0 Å². The van der Waals surface area contributed by atoms with Gasteiger partial charge in [-0.05, 0) is 47.2 Å². The fourth-order valence-electron chi connectivity index (χ4n) is 3.60. The quantitative estimate of drug-likeness (QED) is 0.746. The SMILES string of the molecule is COc1ccc(C(=O)N2CCN(C(=O)c3cc4ccccc4cc3O)CC2)cc1. The van der Waals surface area contributed by atoms with Crippen LogP contribution in [0.15, 0.2) is 60.7 Å². The van der Waals surface area contributed by atoms with Crippen LogP contribution in [0.5, 0.6) is 11.5 Å². The molecule has 6 heteroatoms. The van der Waals surface area contributed by atoms with Crippen LogP contribution in [0.25, 0.3) is 10.8 Å². The third-order valence-electron chi connectivity index (χ3n) is 5.29. The molecular formula is C23H22N2O4. The molecule has 3 aromatic rings. The summed E-state index contributed by atoms with van der Waals surface area (Å²) in [5, 5.41) is 12.1. The van der Waals surface area contributed by atoms with E-state index in [0.717, 1.165) is 10.8 Å². The Labute approximate surface area is 168 Å². The number of methoxy groups -OCH3 is 1. The van der Waals surface area contributed by atoms with E-state index < -0.39 is 0 Å². The number of hydrogen-bond acceptors (Lipinski definition) is 4. The Kier molecular flexibility index (Phi) is 5.08. The first-order valence-electron chi connectivity index (χ1n) is 9.51. The van der Waals surface area contributed by atoms with Crippen LogP contribution in [0.2, 0.25) is 0 Å². The molecule has 0 aliphatic carbocycles. The number of nitrogens with zero attached hydrogens (tertiary/aromatic N) is 2. The maximum atomic E-state index is 12.9. The van der Waals surface area contributed by atoms with Crippen molar-refractivity contribution in [2.75, 3.05) is 33.3 Å². The van der Waals surface area contributed by atoms with Crippen molar-refractivity contribution in [1.82, 2.24) is 9.80 Å². The van der Waals surface area contributed by atoms with Gasteiger partial charge in [0.25, 0.3) is 11.8 Å². The van der Waals surface area contributed by atoms with Gasteiger partial charge >= 0.3 is 0 Å². The zero-order valence-electron chi connectivity index (χ0n) is 16.2. The summed E-state index contributed by atoms with van der Waals surface area (Å²) in [4.78, 5) is 29.0. The normalized spacial score (nSPS) is 14.1. The molecule has 1 aliphatic rings. The monoisotopic (exact) mass is 390 g/mol. The number of amides is 2. The topological polar surface area (TPSA) is 70.1 Å². The zero-order chi connectivity index (χ0) is 20.4. The van der Waals surface area contributed by atoms with E-state index in [2.05, 4.69) is 0 Å². The summed E-state index contributed by atoms with van der Waals surface area (Å²) in [6, 6.07) is 17.9. The summed E-state index contributed by atoms with van der Waals surface area (Å²) in [5.74, 6) is 0.399. The molecule has 1 fully saturated rings. The molecule has 1 heterocycles. The van der Waals surface area contributed by atoms with Crippen molar-refractivity contribution < 1.29 is 19.4 Å². The number of piperazine rings is 1. The van der Waals surface area contributed by atoms with Crippen molar-refractivity contribution in [3.8, 4) is 11.5 Å². The van der Waals surface area contributed by atoms with Gasteiger partial charge in [-0.3, -0.25) is 9.59 Å². The Morgan fingerprint density at radius 2 is 1.38 bits per heavy atom. The summed E-state index contributed by atoms with van der Waals surface area (Å²) in [5.41, 5.74) is 0.886. The highest BCUT2D eigenvalue weighted by atomic mass is 16.5.